The van der Waals surface area contributed by atoms with Crippen molar-refractivity contribution in [1.82, 2.24) is 0 Å². The van der Waals surface area contributed by atoms with E-state index in [0.29, 0.717) is 6.42 Å². The van der Waals surface area contributed by atoms with E-state index in [1.165, 1.54) is 0 Å². The zero-order valence-electron chi connectivity index (χ0n) is 8.75. The predicted octanol–water partition coefficient (Wildman–Crippen LogP) is 2.59. The summed E-state index contributed by atoms with van der Waals surface area (Å²) < 4.78 is 0. The number of hydrogen-bond acceptors (Lipinski definition) is 1. The second kappa shape index (κ2) is 4.83. The average molecular weight is 188 g/mol. The summed E-state index contributed by atoms with van der Waals surface area (Å²) in [4.78, 5) is 0. The van der Waals surface area contributed by atoms with E-state index in [1.54, 1.807) is 6.92 Å². The van der Waals surface area contributed by atoms with Gasteiger partial charge in [-0.1, -0.05) is 43.4 Å². The molecular weight excluding hydrogens is 172 g/mol. The summed E-state index contributed by atoms with van der Waals surface area (Å²) in [5.41, 5.74) is 0.0915. The molecule has 1 atom stereocenters. The molecule has 0 saturated heterocycles. The summed E-state index contributed by atoms with van der Waals surface area (Å²) in [5, 5.41) is 9.80. The molecule has 1 aromatic carbocycles. The van der Waals surface area contributed by atoms with Crippen molar-refractivity contribution in [3.05, 3.63) is 35.9 Å². The second-order valence-electron chi connectivity index (χ2n) is 3.64. The van der Waals surface area contributed by atoms with Gasteiger partial charge in [0.1, 0.15) is 5.60 Å². The molecule has 0 heterocycles. The monoisotopic (exact) mass is 188 g/mol. The lowest BCUT2D eigenvalue weighted by molar-refractivity contribution is 0.111. The molecule has 0 amide bonds. The lowest BCUT2D eigenvalue weighted by Gasteiger charge is -2.13. The minimum absolute atomic E-state index is 0.715. The molecule has 0 aliphatic rings. The third-order valence-electron chi connectivity index (χ3n) is 1.99. The van der Waals surface area contributed by atoms with Crippen LogP contribution >= 0.6 is 0 Å². The summed E-state index contributed by atoms with van der Waals surface area (Å²) in [6.07, 6.45) is 1.66. The van der Waals surface area contributed by atoms with E-state index in [-0.39, 0.29) is 0 Å². The average Bonchev–Trinajstić information content (AvgIpc) is 2.17. The molecule has 1 nitrogen and oxygen atoms in total. The summed E-state index contributed by atoms with van der Waals surface area (Å²) in [5.74, 6) is 5.85. The molecule has 1 aromatic rings. The van der Waals surface area contributed by atoms with Gasteiger partial charge in [-0.25, -0.2) is 0 Å². The molecule has 1 unspecified atom stereocenters. The molecule has 1 rings (SSSR count). The Bertz CT molecular complexity index is 327. The van der Waals surface area contributed by atoms with Crippen molar-refractivity contribution in [3.63, 3.8) is 0 Å². The molecule has 0 aromatic heterocycles. The van der Waals surface area contributed by atoms with Crippen LogP contribution in [0.25, 0.3) is 0 Å². The van der Waals surface area contributed by atoms with Crippen LogP contribution in [0.5, 0.6) is 0 Å². The minimum atomic E-state index is -0.857. The van der Waals surface area contributed by atoms with Crippen LogP contribution in [0.1, 0.15) is 32.3 Å². The third kappa shape index (κ3) is 3.64. The fourth-order valence-electron chi connectivity index (χ4n) is 1.28. The molecule has 0 bridgehead atoms. The third-order valence-corrected chi connectivity index (χ3v) is 1.99. The van der Waals surface area contributed by atoms with Crippen molar-refractivity contribution < 1.29 is 5.11 Å². The Kier molecular flexibility index (Phi) is 3.73. The highest BCUT2D eigenvalue weighted by atomic mass is 16.3. The van der Waals surface area contributed by atoms with Gasteiger partial charge in [-0.15, -0.1) is 0 Å². The fourth-order valence-corrected chi connectivity index (χ4v) is 1.28. The predicted molar refractivity (Wildman–Crippen MR) is 58.9 cm³/mol. The molecule has 1 heteroatoms. The Balaban J connectivity index is 2.73. The van der Waals surface area contributed by atoms with Crippen LogP contribution in [-0.4, -0.2) is 10.7 Å². The Morgan fingerprint density at radius 2 is 1.93 bits per heavy atom. The quantitative estimate of drug-likeness (QED) is 0.707. The molecule has 0 fully saturated rings. The van der Waals surface area contributed by atoms with E-state index < -0.39 is 5.60 Å². The Hall–Kier alpha value is -1.26. The van der Waals surface area contributed by atoms with E-state index in [1.807, 2.05) is 37.3 Å². The molecule has 1 N–H and O–H groups in total. The smallest absolute Gasteiger partial charge is 0.123 e. The second-order valence-corrected chi connectivity index (χ2v) is 3.64. The topological polar surface area (TPSA) is 20.2 Å². The van der Waals surface area contributed by atoms with Gasteiger partial charge in [0, 0.05) is 5.56 Å². The van der Waals surface area contributed by atoms with Crippen molar-refractivity contribution >= 4 is 0 Å². The number of rotatable bonds is 2. The van der Waals surface area contributed by atoms with Crippen LogP contribution in [0.3, 0.4) is 0 Å². The van der Waals surface area contributed by atoms with Crippen molar-refractivity contribution in [3.8, 4) is 11.8 Å². The van der Waals surface area contributed by atoms with E-state index in [0.717, 1.165) is 12.0 Å². The number of aliphatic hydroxyl groups is 1. The lowest BCUT2D eigenvalue weighted by Crippen LogP contribution is -2.20. The Labute approximate surface area is 85.8 Å². The van der Waals surface area contributed by atoms with Gasteiger partial charge in [0.25, 0.3) is 0 Å². The fraction of sp³-hybridized carbons (Fsp3) is 0.385. The zero-order chi connectivity index (χ0) is 10.4. The first-order valence-corrected chi connectivity index (χ1v) is 4.94. The van der Waals surface area contributed by atoms with E-state index in [4.69, 9.17) is 0 Å². The summed E-state index contributed by atoms with van der Waals surface area (Å²) in [6, 6.07) is 9.72. The van der Waals surface area contributed by atoms with Crippen LogP contribution in [0.2, 0.25) is 0 Å². The molecular formula is C13H16O. The van der Waals surface area contributed by atoms with E-state index in [2.05, 4.69) is 11.8 Å². The molecule has 0 aliphatic heterocycles. The van der Waals surface area contributed by atoms with Crippen molar-refractivity contribution in [2.24, 2.45) is 0 Å². The first-order valence-electron chi connectivity index (χ1n) is 4.94. The molecule has 0 saturated carbocycles. The van der Waals surface area contributed by atoms with Gasteiger partial charge >= 0.3 is 0 Å². The SMILES string of the molecule is CCCC(C)(O)C#Cc1ccccc1. The number of benzene rings is 1. The van der Waals surface area contributed by atoms with Gasteiger partial charge in [0.2, 0.25) is 0 Å². The molecule has 14 heavy (non-hydrogen) atoms. The van der Waals surface area contributed by atoms with Crippen LogP contribution in [0.4, 0.5) is 0 Å². The van der Waals surface area contributed by atoms with Crippen LogP contribution in [0.15, 0.2) is 30.3 Å². The normalized spacial score (nSPS) is 13.9. The molecule has 0 radical (unpaired) electrons. The van der Waals surface area contributed by atoms with Crippen molar-refractivity contribution in [1.29, 1.82) is 0 Å². The summed E-state index contributed by atoms with van der Waals surface area (Å²) >= 11 is 0. The van der Waals surface area contributed by atoms with Gasteiger partial charge in [-0.2, -0.15) is 0 Å². The van der Waals surface area contributed by atoms with Gasteiger partial charge < -0.3 is 5.11 Å². The van der Waals surface area contributed by atoms with Crippen LogP contribution < -0.4 is 0 Å². The van der Waals surface area contributed by atoms with Gasteiger partial charge in [0.05, 0.1) is 0 Å². The van der Waals surface area contributed by atoms with Crippen LogP contribution in [0, 0.1) is 11.8 Å². The van der Waals surface area contributed by atoms with Gasteiger partial charge in [-0.3, -0.25) is 0 Å². The standard InChI is InChI=1S/C13H16O/c1-3-10-13(2,14)11-9-12-7-5-4-6-8-12/h4-8,14H,3,10H2,1-2H3. The maximum Gasteiger partial charge on any atom is 0.123 e. The maximum absolute atomic E-state index is 9.80. The number of hydrogen-bond donors (Lipinski definition) is 1. The zero-order valence-corrected chi connectivity index (χ0v) is 8.75. The molecule has 0 aliphatic carbocycles. The molecule has 0 spiro atoms. The van der Waals surface area contributed by atoms with Crippen LogP contribution in [-0.2, 0) is 0 Å². The highest BCUT2D eigenvalue weighted by molar-refractivity contribution is 5.35. The largest absolute Gasteiger partial charge is 0.378 e. The van der Waals surface area contributed by atoms with Gasteiger partial charge in [-0.05, 0) is 25.5 Å². The molecule has 74 valence electrons. The Morgan fingerprint density at radius 1 is 1.29 bits per heavy atom. The van der Waals surface area contributed by atoms with Crippen molar-refractivity contribution in [2.75, 3.05) is 0 Å². The lowest BCUT2D eigenvalue weighted by atomic mass is 10.0. The van der Waals surface area contributed by atoms with E-state index in [9.17, 15) is 5.11 Å². The minimum Gasteiger partial charge on any atom is -0.378 e. The highest BCUT2D eigenvalue weighted by Gasteiger charge is 2.14. The Morgan fingerprint density at radius 3 is 2.50 bits per heavy atom. The summed E-state index contributed by atoms with van der Waals surface area (Å²) in [7, 11) is 0. The maximum atomic E-state index is 9.80. The highest BCUT2D eigenvalue weighted by Crippen LogP contribution is 2.10. The summed E-state index contributed by atoms with van der Waals surface area (Å²) in [6.45, 7) is 3.80. The van der Waals surface area contributed by atoms with Gasteiger partial charge in [0.15, 0.2) is 0 Å². The first-order chi connectivity index (χ1) is 6.64. The van der Waals surface area contributed by atoms with Crippen molar-refractivity contribution in [2.45, 2.75) is 32.3 Å². The van der Waals surface area contributed by atoms with E-state index >= 15 is 0 Å². The first kappa shape index (κ1) is 10.8.